The topological polar surface area (TPSA) is 121 Å². The Morgan fingerprint density at radius 2 is 1.95 bits per heavy atom. The van der Waals surface area contributed by atoms with Crippen LogP contribution in [0.4, 0.5) is 17.3 Å². The van der Waals surface area contributed by atoms with Gasteiger partial charge >= 0.3 is 0 Å². The summed E-state index contributed by atoms with van der Waals surface area (Å²) in [4.78, 5) is 14.5. The van der Waals surface area contributed by atoms with Crippen LogP contribution in [0, 0.1) is 10.1 Å². The Kier molecular flexibility index (Phi) is 5.02. The summed E-state index contributed by atoms with van der Waals surface area (Å²) in [6.45, 7) is 3.35. The number of aliphatic hydroxyl groups excluding tert-OH is 2. The van der Waals surface area contributed by atoms with Crippen LogP contribution >= 0.6 is 0 Å². The minimum atomic E-state index is -0.994. The minimum absolute atomic E-state index is 0.119. The van der Waals surface area contributed by atoms with Crippen molar-refractivity contribution < 1.29 is 15.1 Å². The summed E-state index contributed by atoms with van der Waals surface area (Å²) in [6.07, 6.45) is 0. The monoisotopic (exact) mass is 270 g/mol. The van der Waals surface area contributed by atoms with Crippen LogP contribution in [0.25, 0.3) is 0 Å². The van der Waals surface area contributed by atoms with Crippen molar-refractivity contribution in [1.29, 1.82) is 0 Å². The molecule has 0 aliphatic heterocycles. The van der Waals surface area contributed by atoms with Crippen molar-refractivity contribution in [2.75, 3.05) is 30.4 Å². The molecule has 0 aliphatic carbocycles. The number of nitrogens with one attached hydrogen (secondary N) is 2. The van der Waals surface area contributed by atoms with Crippen molar-refractivity contribution in [3.63, 3.8) is 0 Å². The number of hydrogen-bond acceptors (Lipinski definition) is 7. The van der Waals surface area contributed by atoms with Gasteiger partial charge in [0.1, 0.15) is 11.6 Å². The number of nitrogens with zero attached hydrogens (tertiary/aromatic N) is 2. The maximum absolute atomic E-state index is 10.8. The second-order valence-corrected chi connectivity index (χ2v) is 4.39. The molecule has 4 N–H and O–H groups in total. The van der Waals surface area contributed by atoms with Crippen LogP contribution in [0.3, 0.4) is 0 Å². The first kappa shape index (κ1) is 15.1. The molecule has 19 heavy (non-hydrogen) atoms. The Hall–Kier alpha value is -1.93. The molecule has 0 radical (unpaired) electrons. The van der Waals surface area contributed by atoms with Crippen LogP contribution in [-0.2, 0) is 0 Å². The number of hydrogen-bond donors (Lipinski definition) is 4. The summed E-state index contributed by atoms with van der Waals surface area (Å²) in [6, 6.07) is 2.58. The van der Waals surface area contributed by atoms with Crippen LogP contribution in [0.1, 0.15) is 13.8 Å². The predicted octanol–water partition coefficient (Wildman–Crippen LogP) is 0.577. The average molecular weight is 270 g/mol. The molecule has 0 atom stereocenters. The molecule has 1 aromatic heterocycles. The number of anilines is 2. The summed E-state index contributed by atoms with van der Waals surface area (Å²) >= 11 is 0. The van der Waals surface area contributed by atoms with Gasteiger partial charge in [-0.1, -0.05) is 0 Å². The van der Waals surface area contributed by atoms with E-state index in [0.717, 1.165) is 0 Å². The van der Waals surface area contributed by atoms with Gasteiger partial charge in [0, 0.05) is 6.54 Å². The van der Waals surface area contributed by atoms with Crippen molar-refractivity contribution in [2.45, 2.75) is 19.4 Å². The first-order chi connectivity index (χ1) is 8.94. The fourth-order valence-corrected chi connectivity index (χ4v) is 1.40. The highest BCUT2D eigenvalue weighted by Gasteiger charge is 2.23. The second kappa shape index (κ2) is 6.30. The fraction of sp³-hybridized carbons (Fsp3) is 0.545. The fourth-order valence-electron chi connectivity index (χ4n) is 1.40. The molecule has 8 nitrogen and oxygen atoms in total. The van der Waals surface area contributed by atoms with Gasteiger partial charge in [0.2, 0.25) is 0 Å². The molecule has 0 amide bonds. The molecule has 0 aromatic carbocycles. The predicted molar refractivity (Wildman–Crippen MR) is 71.3 cm³/mol. The highest BCUT2D eigenvalue weighted by atomic mass is 16.6. The summed E-state index contributed by atoms with van der Waals surface area (Å²) in [5.41, 5.74) is -1.11. The number of pyridine rings is 1. The Labute approximate surface area is 110 Å². The van der Waals surface area contributed by atoms with E-state index in [4.69, 9.17) is 0 Å². The lowest BCUT2D eigenvalue weighted by molar-refractivity contribution is -0.384. The van der Waals surface area contributed by atoms with E-state index in [1.165, 1.54) is 12.1 Å². The molecule has 0 saturated heterocycles. The van der Waals surface area contributed by atoms with Crippen LogP contribution < -0.4 is 10.6 Å². The van der Waals surface area contributed by atoms with Gasteiger partial charge in [-0.2, -0.15) is 0 Å². The van der Waals surface area contributed by atoms with Gasteiger partial charge in [-0.25, -0.2) is 4.98 Å². The first-order valence-corrected chi connectivity index (χ1v) is 5.84. The molecule has 1 aromatic rings. The second-order valence-electron chi connectivity index (χ2n) is 4.39. The summed E-state index contributed by atoms with van der Waals surface area (Å²) in [5, 5.41) is 34.9. The third-order valence-corrected chi connectivity index (χ3v) is 2.51. The van der Waals surface area contributed by atoms with Crippen molar-refractivity contribution >= 4 is 17.3 Å². The van der Waals surface area contributed by atoms with Gasteiger partial charge in [0.05, 0.1) is 35.8 Å². The zero-order chi connectivity index (χ0) is 14.5. The normalized spacial score (nSPS) is 11.2. The molecular weight excluding hydrogens is 252 g/mol. The van der Waals surface area contributed by atoms with Gasteiger partial charge in [0.25, 0.3) is 5.69 Å². The molecule has 0 spiro atoms. The molecule has 106 valence electrons. The highest BCUT2D eigenvalue weighted by Crippen LogP contribution is 2.22. The summed E-state index contributed by atoms with van der Waals surface area (Å²) < 4.78 is 0. The van der Waals surface area contributed by atoms with Crippen LogP contribution in [-0.4, -0.2) is 45.4 Å². The Balaban J connectivity index is 3.08. The van der Waals surface area contributed by atoms with E-state index in [2.05, 4.69) is 15.6 Å². The largest absolute Gasteiger partial charge is 0.394 e. The molecular formula is C11H18N4O4. The number of aromatic nitrogens is 1. The van der Waals surface area contributed by atoms with E-state index in [-0.39, 0.29) is 24.7 Å². The van der Waals surface area contributed by atoms with Gasteiger partial charge in [0.15, 0.2) is 0 Å². The van der Waals surface area contributed by atoms with Crippen molar-refractivity contribution in [1.82, 2.24) is 4.98 Å². The lowest BCUT2D eigenvalue weighted by atomic mass is 10.1. The summed E-state index contributed by atoms with van der Waals surface area (Å²) in [7, 11) is 0. The molecule has 1 heterocycles. The Morgan fingerprint density at radius 3 is 2.42 bits per heavy atom. The van der Waals surface area contributed by atoms with E-state index in [0.29, 0.717) is 12.4 Å². The van der Waals surface area contributed by atoms with Crippen LogP contribution in [0.15, 0.2) is 12.1 Å². The molecule has 0 aliphatic rings. The van der Waals surface area contributed by atoms with Gasteiger partial charge in [-0.15, -0.1) is 0 Å². The minimum Gasteiger partial charge on any atom is -0.394 e. The highest BCUT2D eigenvalue weighted by molar-refractivity contribution is 5.55. The van der Waals surface area contributed by atoms with E-state index >= 15 is 0 Å². The lowest BCUT2D eigenvalue weighted by Gasteiger charge is -2.26. The SMILES string of the molecule is CCNc1cc([N+](=O)[O-])cc(NC(C)(CO)CO)n1. The third kappa shape index (κ3) is 4.04. The number of nitro groups is 1. The molecule has 0 fully saturated rings. The maximum atomic E-state index is 10.8. The molecule has 0 bridgehead atoms. The maximum Gasteiger partial charge on any atom is 0.276 e. The van der Waals surface area contributed by atoms with E-state index in [9.17, 15) is 20.3 Å². The van der Waals surface area contributed by atoms with Gasteiger partial charge in [-0.05, 0) is 13.8 Å². The standard InChI is InChI=1S/C11H18N4O4/c1-3-12-9-4-8(15(18)19)5-10(13-9)14-11(2,6-16)7-17/h4-5,16-17H,3,6-7H2,1-2H3,(H2,12,13,14). The van der Waals surface area contributed by atoms with E-state index in [1.807, 2.05) is 6.92 Å². The Bertz CT molecular complexity index is 448. The smallest absolute Gasteiger partial charge is 0.276 e. The van der Waals surface area contributed by atoms with Crippen molar-refractivity contribution in [3.05, 3.63) is 22.2 Å². The quantitative estimate of drug-likeness (QED) is 0.422. The number of aliphatic hydroxyl groups is 2. The zero-order valence-electron chi connectivity index (χ0n) is 10.9. The molecule has 1 rings (SSSR count). The molecule has 0 unspecified atom stereocenters. The third-order valence-electron chi connectivity index (χ3n) is 2.51. The first-order valence-electron chi connectivity index (χ1n) is 5.84. The van der Waals surface area contributed by atoms with Gasteiger partial charge in [-0.3, -0.25) is 10.1 Å². The molecule has 0 saturated carbocycles. The molecule has 8 heteroatoms. The zero-order valence-corrected chi connectivity index (χ0v) is 10.9. The van der Waals surface area contributed by atoms with E-state index < -0.39 is 10.5 Å². The van der Waals surface area contributed by atoms with Crippen LogP contribution in [0.2, 0.25) is 0 Å². The van der Waals surface area contributed by atoms with Crippen molar-refractivity contribution in [2.24, 2.45) is 0 Å². The van der Waals surface area contributed by atoms with Gasteiger partial charge < -0.3 is 20.8 Å². The average Bonchev–Trinajstić information content (AvgIpc) is 2.38. The lowest BCUT2D eigenvalue weighted by Crippen LogP contribution is -2.42. The Morgan fingerprint density at radius 1 is 1.37 bits per heavy atom. The number of rotatable bonds is 7. The van der Waals surface area contributed by atoms with E-state index in [1.54, 1.807) is 6.92 Å². The van der Waals surface area contributed by atoms with Crippen molar-refractivity contribution in [3.8, 4) is 0 Å². The van der Waals surface area contributed by atoms with Crippen LogP contribution in [0.5, 0.6) is 0 Å². The summed E-state index contributed by atoms with van der Waals surface area (Å²) in [5.74, 6) is 0.577.